The van der Waals surface area contributed by atoms with E-state index in [0.29, 0.717) is 12.1 Å². The largest absolute Gasteiger partial charge is 0.496 e. The fourth-order valence-electron chi connectivity index (χ4n) is 3.20. The zero-order chi connectivity index (χ0) is 14.4. The number of hydrogen-bond donors (Lipinski definition) is 1. The van der Waals surface area contributed by atoms with Crippen LogP contribution in [0.3, 0.4) is 0 Å². The third-order valence-corrected chi connectivity index (χ3v) is 4.37. The van der Waals surface area contributed by atoms with Crippen LogP contribution in [0.4, 0.5) is 0 Å². The van der Waals surface area contributed by atoms with Crippen LogP contribution in [0, 0.1) is 0 Å². The molecule has 1 fully saturated rings. The fourth-order valence-corrected chi connectivity index (χ4v) is 3.20. The van der Waals surface area contributed by atoms with Crippen molar-refractivity contribution in [3.05, 3.63) is 29.8 Å². The van der Waals surface area contributed by atoms with E-state index in [1.807, 2.05) is 6.07 Å². The van der Waals surface area contributed by atoms with Crippen LogP contribution in [0.25, 0.3) is 0 Å². The van der Waals surface area contributed by atoms with Crippen molar-refractivity contribution in [2.75, 3.05) is 26.7 Å². The number of benzene rings is 1. The molecule has 1 aromatic carbocycles. The highest BCUT2D eigenvalue weighted by molar-refractivity contribution is 5.33. The summed E-state index contributed by atoms with van der Waals surface area (Å²) in [6, 6.07) is 9.73. The molecule has 1 aliphatic heterocycles. The molecule has 2 unspecified atom stereocenters. The summed E-state index contributed by atoms with van der Waals surface area (Å²) in [5, 5.41) is 3.58. The predicted octanol–water partition coefficient (Wildman–Crippen LogP) is 2.70. The number of nitrogens with zero attached hydrogens (tertiary/aromatic N) is 1. The Morgan fingerprint density at radius 3 is 2.85 bits per heavy atom. The van der Waals surface area contributed by atoms with Crippen molar-refractivity contribution >= 4 is 0 Å². The lowest BCUT2D eigenvalue weighted by Gasteiger charge is -2.38. The minimum absolute atomic E-state index is 0.669. The molecule has 0 saturated carbocycles. The monoisotopic (exact) mass is 276 g/mol. The molecule has 0 amide bonds. The first-order valence-corrected chi connectivity index (χ1v) is 7.84. The molecule has 3 nitrogen and oxygen atoms in total. The van der Waals surface area contributed by atoms with E-state index < -0.39 is 0 Å². The van der Waals surface area contributed by atoms with E-state index in [9.17, 15) is 0 Å². The lowest BCUT2D eigenvalue weighted by Crippen LogP contribution is -2.47. The Bertz CT molecular complexity index is 408. The van der Waals surface area contributed by atoms with Crippen molar-refractivity contribution in [2.45, 2.75) is 45.2 Å². The molecule has 2 rings (SSSR count). The van der Waals surface area contributed by atoms with E-state index in [1.54, 1.807) is 7.11 Å². The highest BCUT2D eigenvalue weighted by atomic mass is 16.5. The van der Waals surface area contributed by atoms with Crippen LogP contribution in [-0.2, 0) is 6.42 Å². The second-order valence-electron chi connectivity index (χ2n) is 5.73. The summed E-state index contributed by atoms with van der Waals surface area (Å²) < 4.78 is 5.43. The molecule has 20 heavy (non-hydrogen) atoms. The Kier molecular flexibility index (Phi) is 5.86. The van der Waals surface area contributed by atoms with Gasteiger partial charge in [-0.3, -0.25) is 0 Å². The molecule has 1 aromatic rings. The van der Waals surface area contributed by atoms with Gasteiger partial charge in [0.25, 0.3) is 0 Å². The van der Waals surface area contributed by atoms with E-state index in [4.69, 9.17) is 4.74 Å². The van der Waals surface area contributed by atoms with E-state index >= 15 is 0 Å². The molecule has 1 N–H and O–H groups in total. The number of hydrogen-bond acceptors (Lipinski definition) is 3. The lowest BCUT2D eigenvalue weighted by atomic mass is 9.97. The van der Waals surface area contributed by atoms with Gasteiger partial charge < -0.3 is 15.0 Å². The van der Waals surface area contributed by atoms with Crippen molar-refractivity contribution < 1.29 is 4.74 Å². The highest BCUT2D eigenvalue weighted by Crippen LogP contribution is 2.21. The molecule has 1 saturated heterocycles. The predicted molar refractivity (Wildman–Crippen MR) is 84.4 cm³/mol. The first-order chi connectivity index (χ1) is 9.74. The zero-order valence-corrected chi connectivity index (χ0v) is 13.1. The van der Waals surface area contributed by atoms with Gasteiger partial charge in [0.1, 0.15) is 5.75 Å². The van der Waals surface area contributed by atoms with Gasteiger partial charge in [0, 0.05) is 18.6 Å². The Morgan fingerprint density at radius 2 is 2.15 bits per heavy atom. The standard InChI is InChI=1S/C17H28N2O/c1-4-18-16-10-12-19(14(2)13-16)11-9-15-7-5-6-8-17(15)20-3/h5-8,14,16,18H,4,9-13H2,1-3H3. The van der Waals surface area contributed by atoms with E-state index in [2.05, 4.69) is 42.3 Å². The molecule has 0 aromatic heterocycles. The van der Waals surface area contributed by atoms with Crippen molar-refractivity contribution in [3.8, 4) is 5.75 Å². The molecule has 0 aliphatic carbocycles. The summed E-state index contributed by atoms with van der Waals surface area (Å²) >= 11 is 0. The number of methoxy groups -OCH3 is 1. The van der Waals surface area contributed by atoms with Gasteiger partial charge >= 0.3 is 0 Å². The molecule has 1 heterocycles. The first kappa shape index (κ1) is 15.3. The summed E-state index contributed by atoms with van der Waals surface area (Å²) in [5.74, 6) is 1.02. The fraction of sp³-hybridized carbons (Fsp3) is 0.647. The minimum atomic E-state index is 0.669. The SMILES string of the molecule is CCNC1CCN(CCc2ccccc2OC)C(C)C1. The van der Waals surface area contributed by atoms with Crippen molar-refractivity contribution in [3.63, 3.8) is 0 Å². The van der Waals surface area contributed by atoms with Crippen molar-refractivity contribution in [1.29, 1.82) is 0 Å². The Labute approximate surface area is 123 Å². The zero-order valence-electron chi connectivity index (χ0n) is 13.1. The summed E-state index contributed by atoms with van der Waals surface area (Å²) in [5.41, 5.74) is 1.32. The quantitative estimate of drug-likeness (QED) is 0.864. The third-order valence-electron chi connectivity index (χ3n) is 4.37. The van der Waals surface area contributed by atoms with Gasteiger partial charge in [-0.15, -0.1) is 0 Å². The Morgan fingerprint density at radius 1 is 1.35 bits per heavy atom. The number of piperidine rings is 1. The average molecular weight is 276 g/mol. The number of ether oxygens (including phenoxy) is 1. The second kappa shape index (κ2) is 7.65. The highest BCUT2D eigenvalue weighted by Gasteiger charge is 2.24. The van der Waals surface area contributed by atoms with Gasteiger partial charge in [-0.1, -0.05) is 25.1 Å². The summed E-state index contributed by atoms with van der Waals surface area (Å²) in [6.45, 7) is 7.96. The van der Waals surface area contributed by atoms with Crippen LogP contribution < -0.4 is 10.1 Å². The van der Waals surface area contributed by atoms with Crippen LogP contribution in [-0.4, -0.2) is 43.7 Å². The maximum Gasteiger partial charge on any atom is 0.122 e. The molecule has 0 spiro atoms. The van der Waals surface area contributed by atoms with Crippen molar-refractivity contribution in [1.82, 2.24) is 10.2 Å². The topological polar surface area (TPSA) is 24.5 Å². The van der Waals surface area contributed by atoms with Gasteiger partial charge in [-0.2, -0.15) is 0 Å². The summed E-state index contributed by atoms with van der Waals surface area (Å²) in [6.07, 6.45) is 3.60. The Balaban J connectivity index is 1.85. The molecule has 3 heteroatoms. The maximum atomic E-state index is 5.43. The molecule has 2 atom stereocenters. The van der Waals surface area contributed by atoms with Crippen LogP contribution in [0.1, 0.15) is 32.3 Å². The number of rotatable bonds is 6. The molecule has 0 radical (unpaired) electrons. The molecular weight excluding hydrogens is 248 g/mol. The van der Waals surface area contributed by atoms with E-state index in [-0.39, 0.29) is 0 Å². The van der Waals surface area contributed by atoms with Crippen LogP contribution >= 0.6 is 0 Å². The van der Waals surface area contributed by atoms with Gasteiger partial charge in [-0.25, -0.2) is 0 Å². The number of likely N-dealkylation sites (tertiary alicyclic amines) is 1. The second-order valence-corrected chi connectivity index (χ2v) is 5.73. The number of nitrogens with one attached hydrogen (secondary N) is 1. The van der Waals surface area contributed by atoms with Crippen LogP contribution in [0.5, 0.6) is 5.75 Å². The van der Waals surface area contributed by atoms with E-state index in [0.717, 1.165) is 25.3 Å². The van der Waals surface area contributed by atoms with Crippen LogP contribution in [0.2, 0.25) is 0 Å². The molecular formula is C17H28N2O. The summed E-state index contributed by atoms with van der Waals surface area (Å²) in [7, 11) is 1.75. The summed E-state index contributed by atoms with van der Waals surface area (Å²) in [4.78, 5) is 2.61. The van der Waals surface area contributed by atoms with Crippen LogP contribution in [0.15, 0.2) is 24.3 Å². The smallest absolute Gasteiger partial charge is 0.122 e. The maximum absolute atomic E-state index is 5.43. The van der Waals surface area contributed by atoms with Gasteiger partial charge in [-0.05, 0) is 50.9 Å². The minimum Gasteiger partial charge on any atom is -0.496 e. The lowest BCUT2D eigenvalue weighted by molar-refractivity contribution is 0.138. The molecule has 112 valence electrons. The average Bonchev–Trinajstić information content (AvgIpc) is 2.47. The van der Waals surface area contributed by atoms with Gasteiger partial charge in [0.2, 0.25) is 0 Å². The molecule has 1 aliphatic rings. The van der Waals surface area contributed by atoms with Gasteiger partial charge in [0.15, 0.2) is 0 Å². The van der Waals surface area contributed by atoms with Crippen molar-refractivity contribution in [2.24, 2.45) is 0 Å². The number of para-hydroxylation sites is 1. The normalized spacial score (nSPS) is 23.8. The third kappa shape index (κ3) is 3.97. The first-order valence-electron chi connectivity index (χ1n) is 7.84. The van der Waals surface area contributed by atoms with Gasteiger partial charge in [0.05, 0.1) is 7.11 Å². The van der Waals surface area contributed by atoms with E-state index in [1.165, 1.54) is 24.9 Å². The molecule has 0 bridgehead atoms. The Hall–Kier alpha value is -1.06.